The van der Waals surface area contributed by atoms with E-state index < -0.39 is 5.97 Å². The summed E-state index contributed by atoms with van der Waals surface area (Å²) >= 11 is 0. The van der Waals surface area contributed by atoms with Gasteiger partial charge in [0.2, 0.25) is 0 Å². The van der Waals surface area contributed by atoms with Crippen molar-refractivity contribution >= 4 is 12.0 Å². The molecule has 0 unspecified atom stereocenters. The minimum atomic E-state index is -0.755. The Kier molecular flexibility index (Phi) is 5.64. The highest BCUT2D eigenvalue weighted by molar-refractivity contribution is 5.75. The number of aliphatic carboxylic acids is 1. The summed E-state index contributed by atoms with van der Waals surface area (Å²) < 4.78 is 5.68. The predicted octanol–water partition coefficient (Wildman–Crippen LogP) is 1.45. The van der Waals surface area contributed by atoms with Crippen LogP contribution in [0, 0.1) is 5.92 Å². The van der Waals surface area contributed by atoms with Crippen LogP contribution < -0.4 is 5.32 Å². The van der Waals surface area contributed by atoms with Crippen LogP contribution in [0.25, 0.3) is 0 Å². The molecule has 0 aromatic carbocycles. The summed E-state index contributed by atoms with van der Waals surface area (Å²) in [5.41, 5.74) is 0. The SMILES string of the molecule is O=C(O)C1CCN(C(=O)NCCOC2CCCC2)CC1. The summed E-state index contributed by atoms with van der Waals surface area (Å²) in [5, 5.41) is 11.7. The number of likely N-dealkylation sites (tertiary alicyclic amines) is 1. The molecule has 2 rings (SSSR count). The van der Waals surface area contributed by atoms with Crippen molar-refractivity contribution in [2.75, 3.05) is 26.2 Å². The molecule has 1 saturated heterocycles. The van der Waals surface area contributed by atoms with Gasteiger partial charge in [-0.05, 0) is 25.7 Å². The van der Waals surface area contributed by atoms with Crippen LogP contribution in [0.5, 0.6) is 0 Å². The lowest BCUT2D eigenvalue weighted by molar-refractivity contribution is -0.143. The molecule has 1 heterocycles. The molecule has 1 aliphatic heterocycles. The van der Waals surface area contributed by atoms with Crippen LogP contribution in [0.1, 0.15) is 38.5 Å². The van der Waals surface area contributed by atoms with Crippen molar-refractivity contribution in [2.24, 2.45) is 5.92 Å². The number of piperidine rings is 1. The molecule has 0 aromatic rings. The summed E-state index contributed by atoms with van der Waals surface area (Å²) in [6, 6.07) is -0.108. The highest BCUT2D eigenvalue weighted by Crippen LogP contribution is 2.20. The number of carbonyl (C=O) groups excluding carboxylic acids is 1. The first-order valence-electron chi connectivity index (χ1n) is 7.54. The third-order valence-electron chi connectivity index (χ3n) is 4.17. The lowest BCUT2D eigenvalue weighted by atomic mass is 9.97. The van der Waals surface area contributed by atoms with E-state index in [0.717, 1.165) is 12.8 Å². The van der Waals surface area contributed by atoms with E-state index in [-0.39, 0.29) is 11.9 Å². The van der Waals surface area contributed by atoms with Crippen LogP contribution in [0.4, 0.5) is 4.79 Å². The van der Waals surface area contributed by atoms with Gasteiger partial charge in [-0.3, -0.25) is 4.79 Å². The van der Waals surface area contributed by atoms with Crippen molar-refractivity contribution in [3.63, 3.8) is 0 Å². The molecule has 2 fully saturated rings. The Balaban J connectivity index is 1.57. The first-order valence-corrected chi connectivity index (χ1v) is 7.54. The molecule has 1 saturated carbocycles. The van der Waals surface area contributed by atoms with Crippen molar-refractivity contribution in [3.8, 4) is 0 Å². The minimum Gasteiger partial charge on any atom is -0.481 e. The molecule has 2 N–H and O–H groups in total. The quantitative estimate of drug-likeness (QED) is 0.749. The number of hydrogen-bond acceptors (Lipinski definition) is 3. The smallest absolute Gasteiger partial charge is 0.317 e. The number of nitrogens with one attached hydrogen (secondary N) is 1. The number of rotatable bonds is 5. The first kappa shape index (κ1) is 15.1. The van der Waals surface area contributed by atoms with E-state index >= 15 is 0 Å². The fraction of sp³-hybridized carbons (Fsp3) is 0.857. The topological polar surface area (TPSA) is 78.9 Å². The van der Waals surface area contributed by atoms with Crippen LogP contribution in [-0.4, -0.2) is 54.4 Å². The van der Waals surface area contributed by atoms with E-state index in [1.54, 1.807) is 4.90 Å². The number of hydrogen-bond donors (Lipinski definition) is 2. The third-order valence-corrected chi connectivity index (χ3v) is 4.17. The van der Waals surface area contributed by atoms with Crippen LogP contribution >= 0.6 is 0 Å². The Bertz CT molecular complexity index is 334. The van der Waals surface area contributed by atoms with E-state index in [2.05, 4.69) is 5.32 Å². The summed E-state index contributed by atoms with van der Waals surface area (Å²) in [6.45, 7) is 2.12. The van der Waals surface area contributed by atoms with E-state index in [0.29, 0.717) is 45.2 Å². The second-order valence-corrected chi connectivity index (χ2v) is 5.61. The highest BCUT2D eigenvalue weighted by Gasteiger charge is 2.26. The maximum Gasteiger partial charge on any atom is 0.317 e. The van der Waals surface area contributed by atoms with Gasteiger partial charge in [0.1, 0.15) is 0 Å². The lowest BCUT2D eigenvalue weighted by Gasteiger charge is -2.30. The number of ether oxygens (including phenoxy) is 1. The Morgan fingerprint density at radius 1 is 1.15 bits per heavy atom. The van der Waals surface area contributed by atoms with Gasteiger partial charge in [0, 0.05) is 19.6 Å². The van der Waals surface area contributed by atoms with Crippen molar-refractivity contribution in [3.05, 3.63) is 0 Å². The molecule has 0 aromatic heterocycles. The van der Waals surface area contributed by atoms with Gasteiger partial charge in [-0.25, -0.2) is 4.79 Å². The van der Waals surface area contributed by atoms with Gasteiger partial charge in [-0.2, -0.15) is 0 Å². The molecule has 6 heteroatoms. The predicted molar refractivity (Wildman–Crippen MR) is 73.5 cm³/mol. The van der Waals surface area contributed by atoms with Gasteiger partial charge in [-0.1, -0.05) is 12.8 Å². The lowest BCUT2D eigenvalue weighted by Crippen LogP contribution is -2.46. The van der Waals surface area contributed by atoms with Crippen LogP contribution in [-0.2, 0) is 9.53 Å². The standard InChI is InChI=1S/C14H24N2O4/c17-13(18)11-5-8-16(9-6-11)14(19)15-7-10-20-12-3-1-2-4-12/h11-12H,1-10H2,(H,15,19)(H,17,18). The average molecular weight is 284 g/mol. The number of carboxylic acid groups (broad SMARTS) is 1. The summed E-state index contributed by atoms with van der Waals surface area (Å²) in [5.74, 6) is -1.06. The van der Waals surface area contributed by atoms with Crippen molar-refractivity contribution in [1.82, 2.24) is 10.2 Å². The van der Waals surface area contributed by atoms with Crippen molar-refractivity contribution < 1.29 is 19.4 Å². The fourth-order valence-electron chi connectivity index (χ4n) is 2.88. The number of carbonyl (C=O) groups is 2. The average Bonchev–Trinajstić information content (AvgIpc) is 2.96. The van der Waals surface area contributed by atoms with Gasteiger partial charge in [0.25, 0.3) is 0 Å². The Hall–Kier alpha value is -1.30. The van der Waals surface area contributed by atoms with E-state index in [1.165, 1.54) is 12.8 Å². The van der Waals surface area contributed by atoms with Gasteiger partial charge < -0.3 is 20.1 Å². The molecule has 0 atom stereocenters. The number of amides is 2. The van der Waals surface area contributed by atoms with Crippen molar-refractivity contribution in [1.29, 1.82) is 0 Å². The number of urea groups is 1. The summed E-state index contributed by atoms with van der Waals surface area (Å²) in [4.78, 5) is 24.4. The summed E-state index contributed by atoms with van der Waals surface area (Å²) in [6.07, 6.45) is 6.22. The van der Waals surface area contributed by atoms with Crippen molar-refractivity contribution in [2.45, 2.75) is 44.6 Å². The summed E-state index contributed by atoms with van der Waals surface area (Å²) in [7, 11) is 0. The molecule has 6 nitrogen and oxygen atoms in total. The Morgan fingerprint density at radius 3 is 2.40 bits per heavy atom. The molecular weight excluding hydrogens is 260 g/mol. The molecule has 20 heavy (non-hydrogen) atoms. The van der Waals surface area contributed by atoms with Crippen LogP contribution in [0.15, 0.2) is 0 Å². The van der Waals surface area contributed by atoms with Crippen LogP contribution in [0.2, 0.25) is 0 Å². The molecule has 114 valence electrons. The Morgan fingerprint density at radius 2 is 1.80 bits per heavy atom. The maximum absolute atomic E-state index is 11.9. The van der Waals surface area contributed by atoms with Gasteiger partial charge >= 0.3 is 12.0 Å². The molecular formula is C14H24N2O4. The van der Waals surface area contributed by atoms with E-state index in [1.807, 2.05) is 0 Å². The third kappa shape index (κ3) is 4.37. The zero-order valence-corrected chi connectivity index (χ0v) is 11.8. The number of nitrogens with zero attached hydrogens (tertiary/aromatic N) is 1. The van der Waals surface area contributed by atoms with Gasteiger partial charge in [-0.15, -0.1) is 0 Å². The zero-order chi connectivity index (χ0) is 14.4. The molecule has 1 aliphatic carbocycles. The molecule has 0 bridgehead atoms. The highest BCUT2D eigenvalue weighted by atomic mass is 16.5. The first-order chi connectivity index (χ1) is 9.66. The largest absolute Gasteiger partial charge is 0.481 e. The maximum atomic E-state index is 11.9. The fourth-order valence-corrected chi connectivity index (χ4v) is 2.88. The second kappa shape index (κ2) is 7.47. The monoisotopic (exact) mass is 284 g/mol. The van der Waals surface area contributed by atoms with E-state index in [4.69, 9.17) is 9.84 Å². The molecule has 0 radical (unpaired) electrons. The number of carboxylic acids is 1. The van der Waals surface area contributed by atoms with E-state index in [9.17, 15) is 9.59 Å². The zero-order valence-electron chi connectivity index (χ0n) is 11.8. The minimum absolute atomic E-state index is 0.108. The second-order valence-electron chi connectivity index (χ2n) is 5.61. The molecule has 2 amide bonds. The normalized spacial score (nSPS) is 21.1. The van der Waals surface area contributed by atoms with Gasteiger partial charge in [0.05, 0.1) is 18.6 Å². The molecule has 2 aliphatic rings. The van der Waals surface area contributed by atoms with Gasteiger partial charge in [0.15, 0.2) is 0 Å². The van der Waals surface area contributed by atoms with Crippen LogP contribution in [0.3, 0.4) is 0 Å². The molecule has 0 spiro atoms. The Labute approximate surface area is 119 Å².